The van der Waals surface area contributed by atoms with Crippen molar-refractivity contribution in [3.8, 4) is 22.6 Å². The number of aliphatic hydroxyl groups excluding tert-OH is 1. The van der Waals surface area contributed by atoms with Gasteiger partial charge in [-0.15, -0.1) is 0 Å². The molecule has 3 aromatic carbocycles. The second-order valence-electron chi connectivity index (χ2n) is 6.38. The van der Waals surface area contributed by atoms with Crippen LogP contribution in [-0.4, -0.2) is 21.8 Å². The summed E-state index contributed by atoms with van der Waals surface area (Å²) in [4.78, 5) is 4.46. The minimum absolute atomic E-state index is 0.301. The molecule has 4 nitrogen and oxygen atoms in total. The van der Waals surface area contributed by atoms with Gasteiger partial charge in [0.15, 0.2) is 5.75 Å². The smallest absolute Gasteiger partial charge is 0.150 e. The maximum absolute atomic E-state index is 14.3. The summed E-state index contributed by atoms with van der Waals surface area (Å²) in [6.45, 7) is 1.72. The van der Waals surface area contributed by atoms with Gasteiger partial charge in [-0.05, 0) is 36.8 Å². The van der Waals surface area contributed by atoms with Crippen molar-refractivity contribution in [2.75, 3.05) is 7.11 Å². The molecule has 1 heterocycles. The fourth-order valence-electron chi connectivity index (χ4n) is 3.30. The summed E-state index contributed by atoms with van der Waals surface area (Å²) >= 11 is 0. The summed E-state index contributed by atoms with van der Waals surface area (Å²) in [6.07, 6.45) is 1.15. The molecule has 27 heavy (non-hydrogen) atoms. The molecule has 1 atom stereocenters. The van der Waals surface area contributed by atoms with Crippen molar-refractivity contribution in [3.63, 3.8) is 0 Å². The molecule has 4 rings (SSSR count). The highest BCUT2D eigenvalue weighted by molar-refractivity contribution is 5.82. The number of para-hydroxylation sites is 1. The lowest BCUT2D eigenvalue weighted by Gasteiger charge is -2.15. The maximum Gasteiger partial charge on any atom is 0.150 e. The number of hydrogen-bond acceptors (Lipinski definition) is 3. The van der Waals surface area contributed by atoms with Crippen LogP contribution in [0.25, 0.3) is 27.8 Å². The predicted molar refractivity (Wildman–Crippen MR) is 104 cm³/mol. The first kappa shape index (κ1) is 17.2. The van der Waals surface area contributed by atoms with Gasteiger partial charge in [0.05, 0.1) is 29.9 Å². The van der Waals surface area contributed by atoms with Crippen LogP contribution in [0.1, 0.15) is 18.6 Å². The van der Waals surface area contributed by atoms with E-state index in [1.807, 2.05) is 41.0 Å². The number of halogens is 1. The molecule has 0 aliphatic heterocycles. The Morgan fingerprint density at radius 3 is 2.56 bits per heavy atom. The number of methoxy groups -OCH3 is 1. The Bertz CT molecular complexity index is 1120. The van der Waals surface area contributed by atoms with E-state index in [2.05, 4.69) is 4.98 Å². The van der Waals surface area contributed by atoms with Gasteiger partial charge in [0, 0.05) is 11.1 Å². The number of nitrogens with zero attached hydrogens (tertiary/aromatic N) is 2. The Kier molecular flexibility index (Phi) is 4.38. The lowest BCUT2D eigenvalue weighted by atomic mass is 10.0. The van der Waals surface area contributed by atoms with E-state index in [1.165, 1.54) is 6.07 Å². The van der Waals surface area contributed by atoms with Crippen LogP contribution < -0.4 is 4.74 Å². The molecular weight excluding hydrogens is 343 g/mol. The first-order chi connectivity index (χ1) is 13.1. The first-order valence-corrected chi connectivity index (χ1v) is 8.67. The Morgan fingerprint density at radius 2 is 1.81 bits per heavy atom. The molecule has 0 spiro atoms. The third kappa shape index (κ3) is 2.96. The van der Waals surface area contributed by atoms with Gasteiger partial charge < -0.3 is 9.84 Å². The van der Waals surface area contributed by atoms with E-state index in [0.717, 1.165) is 22.3 Å². The number of ether oxygens (including phenoxy) is 1. The zero-order valence-electron chi connectivity index (χ0n) is 15.1. The molecule has 0 unspecified atom stereocenters. The predicted octanol–water partition coefficient (Wildman–Crippen LogP) is 4.89. The van der Waals surface area contributed by atoms with Crippen molar-refractivity contribution >= 4 is 11.0 Å². The van der Waals surface area contributed by atoms with Gasteiger partial charge in [0.25, 0.3) is 0 Å². The molecule has 136 valence electrons. The molecule has 4 aromatic rings. The van der Waals surface area contributed by atoms with E-state index in [-0.39, 0.29) is 5.82 Å². The van der Waals surface area contributed by atoms with E-state index < -0.39 is 6.10 Å². The third-order valence-electron chi connectivity index (χ3n) is 4.68. The molecule has 0 bridgehead atoms. The minimum atomic E-state index is -0.557. The van der Waals surface area contributed by atoms with Gasteiger partial charge in [-0.1, -0.05) is 36.4 Å². The molecule has 0 radical (unpaired) electrons. The molecule has 0 saturated carbocycles. The van der Waals surface area contributed by atoms with Crippen molar-refractivity contribution in [2.45, 2.75) is 13.0 Å². The Labute approximate surface area is 156 Å². The average molecular weight is 362 g/mol. The number of imidazole rings is 1. The average Bonchev–Trinajstić information content (AvgIpc) is 3.10. The lowest BCUT2D eigenvalue weighted by molar-refractivity contribution is 0.199. The number of rotatable bonds is 4. The Balaban J connectivity index is 1.92. The van der Waals surface area contributed by atoms with E-state index in [4.69, 9.17) is 4.74 Å². The minimum Gasteiger partial charge on any atom is -0.494 e. The molecule has 0 fully saturated rings. The van der Waals surface area contributed by atoms with Crippen LogP contribution in [0.3, 0.4) is 0 Å². The van der Waals surface area contributed by atoms with Gasteiger partial charge >= 0.3 is 0 Å². The van der Waals surface area contributed by atoms with Crippen molar-refractivity contribution in [2.24, 2.45) is 0 Å². The second-order valence-corrected chi connectivity index (χ2v) is 6.38. The van der Waals surface area contributed by atoms with Crippen LogP contribution in [0.15, 0.2) is 67.0 Å². The summed E-state index contributed by atoms with van der Waals surface area (Å²) in [5, 5.41) is 9.79. The highest BCUT2D eigenvalue weighted by Gasteiger charge is 2.17. The SMILES string of the molecule is COc1c(-c2ccccc2F)cccc1-n1cnc2cc([C@H](C)O)ccc21. The summed E-state index contributed by atoms with van der Waals surface area (Å²) in [7, 11) is 1.58. The number of aromatic nitrogens is 2. The molecule has 1 N–H and O–H groups in total. The summed E-state index contributed by atoms with van der Waals surface area (Å²) in [5.41, 5.74) is 4.38. The van der Waals surface area contributed by atoms with Crippen LogP contribution >= 0.6 is 0 Å². The number of hydrogen-bond donors (Lipinski definition) is 1. The van der Waals surface area contributed by atoms with Crippen molar-refractivity contribution in [1.82, 2.24) is 9.55 Å². The molecule has 1 aromatic heterocycles. The molecule has 0 saturated heterocycles. The summed E-state index contributed by atoms with van der Waals surface area (Å²) in [6, 6.07) is 17.9. The molecule has 5 heteroatoms. The van der Waals surface area contributed by atoms with E-state index in [0.29, 0.717) is 16.9 Å². The highest BCUT2D eigenvalue weighted by atomic mass is 19.1. The molecule has 0 aliphatic carbocycles. The normalized spacial score (nSPS) is 12.3. The maximum atomic E-state index is 14.3. The molecule has 0 aliphatic rings. The van der Waals surface area contributed by atoms with Crippen molar-refractivity contribution < 1.29 is 14.2 Å². The first-order valence-electron chi connectivity index (χ1n) is 8.67. The third-order valence-corrected chi connectivity index (χ3v) is 4.68. The summed E-state index contributed by atoms with van der Waals surface area (Å²) in [5.74, 6) is 0.270. The highest BCUT2D eigenvalue weighted by Crippen LogP contribution is 2.37. The van der Waals surface area contributed by atoms with Gasteiger partial charge in [-0.2, -0.15) is 0 Å². The lowest BCUT2D eigenvalue weighted by Crippen LogP contribution is -1.99. The molecular formula is C22H19FN2O2. The number of fused-ring (bicyclic) bond motifs is 1. The zero-order valence-corrected chi connectivity index (χ0v) is 15.1. The molecule has 0 amide bonds. The van der Waals surface area contributed by atoms with E-state index in [9.17, 15) is 9.50 Å². The zero-order chi connectivity index (χ0) is 19.0. The van der Waals surface area contributed by atoms with Gasteiger partial charge in [0.1, 0.15) is 12.1 Å². The van der Waals surface area contributed by atoms with Crippen LogP contribution in [-0.2, 0) is 0 Å². The van der Waals surface area contributed by atoms with E-state index >= 15 is 0 Å². The van der Waals surface area contributed by atoms with Gasteiger partial charge in [-0.25, -0.2) is 9.37 Å². The second kappa shape index (κ2) is 6.85. The van der Waals surface area contributed by atoms with Crippen LogP contribution in [0, 0.1) is 5.82 Å². The fraction of sp³-hybridized carbons (Fsp3) is 0.136. The Hall–Kier alpha value is -3.18. The summed E-state index contributed by atoms with van der Waals surface area (Å²) < 4.78 is 21.9. The Morgan fingerprint density at radius 1 is 1.04 bits per heavy atom. The largest absolute Gasteiger partial charge is 0.494 e. The quantitative estimate of drug-likeness (QED) is 0.562. The fourth-order valence-corrected chi connectivity index (χ4v) is 3.30. The number of benzene rings is 3. The number of aliphatic hydroxyl groups is 1. The van der Waals surface area contributed by atoms with E-state index in [1.54, 1.807) is 38.6 Å². The van der Waals surface area contributed by atoms with Crippen LogP contribution in [0.2, 0.25) is 0 Å². The van der Waals surface area contributed by atoms with Crippen LogP contribution in [0.5, 0.6) is 5.75 Å². The van der Waals surface area contributed by atoms with Gasteiger partial charge in [-0.3, -0.25) is 4.57 Å². The van der Waals surface area contributed by atoms with Crippen LogP contribution in [0.4, 0.5) is 4.39 Å². The topological polar surface area (TPSA) is 47.3 Å². The van der Waals surface area contributed by atoms with Crippen molar-refractivity contribution in [1.29, 1.82) is 0 Å². The van der Waals surface area contributed by atoms with Gasteiger partial charge in [0.2, 0.25) is 0 Å². The standard InChI is InChI=1S/C22H19FN2O2/c1-14(26)15-10-11-20-19(12-15)24-13-25(20)21-9-5-7-17(22(21)27-2)16-6-3-4-8-18(16)23/h3-14,26H,1-2H3/t14-/m0/s1. The van der Waals surface area contributed by atoms with Crippen molar-refractivity contribution in [3.05, 3.63) is 78.4 Å². The monoisotopic (exact) mass is 362 g/mol.